The molecular formula is C15H16N2O4. The maximum absolute atomic E-state index is 11.5. The fraction of sp³-hybridized carbons (Fsp3) is 0.267. The number of carbonyl (C=O) groups is 1. The van der Waals surface area contributed by atoms with Gasteiger partial charge in [-0.15, -0.1) is 0 Å². The predicted molar refractivity (Wildman–Crippen MR) is 77.4 cm³/mol. The van der Waals surface area contributed by atoms with Crippen LogP contribution in [-0.4, -0.2) is 27.4 Å². The van der Waals surface area contributed by atoms with E-state index in [0.29, 0.717) is 5.69 Å². The number of hydrogen-bond donors (Lipinski definition) is 2. The first-order valence-electron chi connectivity index (χ1n) is 6.53. The molecule has 2 aromatic rings. The van der Waals surface area contributed by atoms with Gasteiger partial charge in [0.2, 0.25) is 0 Å². The van der Waals surface area contributed by atoms with E-state index >= 15 is 0 Å². The highest BCUT2D eigenvalue weighted by Gasteiger charge is 2.09. The van der Waals surface area contributed by atoms with Crippen molar-refractivity contribution < 1.29 is 14.6 Å². The zero-order chi connectivity index (χ0) is 15.4. The number of rotatable bonds is 5. The van der Waals surface area contributed by atoms with Crippen molar-refractivity contribution in [2.24, 2.45) is 0 Å². The normalized spacial score (nSPS) is 10.6. The lowest BCUT2D eigenvalue weighted by molar-refractivity contribution is -0.136. The summed E-state index contributed by atoms with van der Waals surface area (Å²) in [4.78, 5) is 22.2. The molecule has 0 spiro atoms. The van der Waals surface area contributed by atoms with Gasteiger partial charge in [-0.1, -0.05) is 0 Å². The number of nitrogens with one attached hydrogen (secondary N) is 1. The SMILES string of the molecule is CC(C)Oc1ccc(-c2cc(CC(=O)O)c(=O)[nH]n2)cc1. The molecule has 2 N–H and O–H groups in total. The lowest BCUT2D eigenvalue weighted by atomic mass is 10.1. The highest BCUT2D eigenvalue weighted by Crippen LogP contribution is 2.21. The summed E-state index contributed by atoms with van der Waals surface area (Å²) >= 11 is 0. The highest BCUT2D eigenvalue weighted by atomic mass is 16.5. The average molecular weight is 288 g/mol. The van der Waals surface area contributed by atoms with E-state index in [2.05, 4.69) is 10.2 Å². The van der Waals surface area contributed by atoms with Crippen LogP contribution >= 0.6 is 0 Å². The summed E-state index contributed by atoms with van der Waals surface area (Å²) in [5.74, 6) is -0.317. The third kappa shape index (κ3) is 3.92. The third-order valence-corrected chi connectivity index (χ3v) is 2.74. The molecule has 2 rings (SSSR count). The van der Waals surface area contributed by atoms with E-state index in [1.807, 2.05) is 26.0 Å². The van der Waals surface area contributed by atoms with E-state index in [4.69, 9.17) is 9.84 Å². The first-order chi connectivity index (χ1) is 9.95. The van der Waals surface area contributed by atoms with Crippen molar-refractivity contribution in [2.45, 2.75) is 26.4 Å². The van der Waals surface area contributed by atoms with Crippen LogP contribution in [0.1, 0.15) is 19.4 Å². The van der Waals surface area contributed by atoms with Gasteiger partial charge >= 0.3 is 5.97 Å². The average Bonchev–Trinajstić information content (AvgIpc) is 2.41. The Morgan fingerprint density at radius 3 is 2.57 bits per heavy atom. The molecule has 0 aliphatic rings. The summed E-state index contributed by atoms with van der Waals surface area (Å²) in [7, 11) is 0. The van der Waals surface area contributed by atoms with Crippen molar-refractivity contribution in [3.05, 3.63) is 46.2 Å². The van der Waals surface area contributed by atoms with E-state index in [1.54, 1.807) is 12.1 Å². The number of H-pyrrole nitrogens is 1. The zero-order valence-electron chi connectivity index (χ0n) is 11.8. The van der Waals surface area contributed by atoms with Gasteiger partial charge in [0, 0.05) is 11.1 Å². The molecule has 0 aliphatic heterocycles. The van der Waals surface area contributed by atoms with Crippen LogP contribution in [-0.2, 0) is 11.2 Å². The second kappa shape index (κ2) is 6.21. The molecule has 0 bridgehead atoms. The van der Waals surface area contributed by atoms with Crippen LogP contribution < -0.4 is 10.3 Å². The zero-order valence-corrected chi connectivity index (χ0v) is 11.8. The molecule has 1 heterocycles. The van der Waals surface area contributed by atoms with Crippen LogP contribution in [0.3, 0.4) is 0 Å². The van der Waals surface area contributed by atoms with Crippen molar-refractivity contribution in [2.75, 3.05) is 0 Å². The summed E-state index contributed by atoms with van der Waals surface area (Å²) < 4.78 is 5.54. The molecular weight excluding hydrogens is 272 g/mol. The van der Waals surface area contributed by atoms with Gasteiger partial charge in [-0.2, -0.15) is 5.10 Å². The maximum Gasteiger partial charge on any atom is 0.308 e. The number of aromatic amines is 1. The van der Waals surface area contributed by atoms with Crippen molar-refractivity contribution in [1.29, 1.82) is 0 Å². The van der Waals surface area contributed by atoms with Crippen molar-refractivity contribution in [3.63, 3.8) is 0 Å². The van der Waals surface area contributed by atoms with E-state index in [0.717, 1.165) is 11.3 Å². The fourth-order valence-corrected chi connectivity index (χ4v) is 1.86. The quantitative estimate of drug-likeness (QED) is 0.876. The summed E-state index contributed by atoms with van der Waals surface area (Å²) in [5, 5.41) is 15.0. The number of carboxylic acids is 1. The minimum absolute atomic E-state index is 0.0872. The van der Waals surface area contributed by atoms with Gasteiger partial charge in [0.1, 0.15) is 5.75 Å². The van der Waals surface area contributed by atoms with Gasteiger partial charge in [0.05, 0.1) is 18.2 Å². The summed E-state index contributed by atoms with van der Waals surface area (Å²) in [6, 6.07) is 8.72. The Hall–Kier alpha value is -2.63. The third-order valence-electron chi connectivity index (χ3n) is 2.74. The topological polar surface area (TPSA) is 92.3 Å². The second-order valence-electron chi connectivity index (χ2n) is 4.87. The molecule has 0 saturated heterocycles. The smallest absolute Gasteiger partial charge is 0.308 e. The molecule has 1 aromatic carbocycles. The Kier molecular flexibility index (Phi) is 4.37. The Morgan fingerprint density at radius 2 is 2.00 bits per heavy atom. The standard InChI is InChI=1S/C15H16N2O4/c1-9(2)21-12-5-3-10(4-6-12)13-7-11(8-14(18)19)15(20)17-16-13/h3-7,9H,8H2,1-2H3,(H,17,20)(H,18,19). The molecule has 110 valence electrons. The number of benzene rings is 1. The molecule has 0 aliphatic carbocycles. The van der Waals surface area contributed by atoms with Gasteiger partial charge in [0.15, 0.2) is 0 Å². The first-order valence-corrected chi connectivity index (χ1v) is 6.53. The van der Waals surface area contributed by atoms with Crippen LogP contribution in [0.15, 0.2) is 35.1 Å². The predicted octanol–water partition coefficient (Wildman–Crippen LogP) is 1.85. The first kappa shape index (κ1) is 14.8. The van der Waals surface area contributed by atoms with Crippen LogP contribution in [0.2, 0.25) is 0 Å². The van der Waals surface area contributed by atoms with Gasteiger partial charge < -0.3 is 9.84 Å². The molecule has 0 saturated carbocycles. The lowest BCUT2D eigenvalue weighted by Crippen LogP contribution is -2.17. The van der Waals surface area contributed by atoms with Crippen LogP contribution in [0.5, 0.6) is 5.75 Å². The monoisotopic (exact) mass is 288 g/mol. The van der Waals surface area contributed by atoms with Crippen molar-refractivity contribution >= 4 is 5.97 Å². The minimum Gasteiger partial charge on any atom is -0.491 e. The Balaban J connectivity index is 2.29. The van der Waals surface area contributed by atoms with Gasteiger partial charge in [0.25, 0.3) is 5.56 Å². The highest BCUT2D eigenvalue weighted by molar-refractivity contribution is 5.71. The number of aromatic nitrogens is 2. The number of carboxylic acid groups (broad SMARTS) is 1. The summed E-state index contributed by atoms with van der Waals surface area (Å²) in [5.41, 5.74) is 0.979. The number of hydrogen-bond acceptors (Lipinski definition) is 4. The largest absolute Gasteiger partial charge is 0.491 e. The van der Waals surface area contributed by atoms with Crippen LogP contribution in [0, 0.1) is 0 Å². The Labute approximate surface area is 121 Å². The molecule has 0 unspecified atom stereocenters. The van der Waals surface area contributed by atoms with Crippen LogP contribution in [0.4, 0.5) is 0 Å². The van der Waals surface area contributed by atoms with E-state index in [1.165, 1.54) is 6.07 Å². The molecule has 0 atom stereocenters. The molecule has 6 nitrogen and oxygen atoms in total. The Morgan fingerprint density at radius 1 is 1.33 bits per heavy atom. The molecule has 0 fully saturated rings. The Bertz CT molecular complexity index is 690. The van der Waals surface area contributed by atoms with E-state index in [9.17, 15) is 9.59 Å². The molecule has 6 heteroatoms. The van der Waals surface area contributed by atoms with E-state index < -0.39 is 11.5 Å². The van der Waals surface area contributed by atoms with Crippen molar-refractivity contribution in [1.82, 2.24) is 10.2 Å². The fourth-order valence-electron chi connectivity index (χ4n) is 1.86. The number of ether oxygens (including phenoxy) is 1. The molecule has 0 amide bonds. The van der Waals surface area contributed by atoms with Crippen molar-refractivity contribution in [3.8, 4) is 17.0 Å². The molecule has 21 heavy (non-hydrogen) atoms. The summed E-state index contributed by atoms with van der Waals surface area (Å²) in [6.45, 7) is 3.88. The molecule has 1 aromatic heterocycles. The minimum atomic E-state index is -1.06. The molecule has 0 radical (unpaired) electrons. The number of nitrogens with zero attached hydrogens (tertiary/aromatic N) is 1. The maximum atomic E-state index is 11.5. The lowest BCUT2D eigenvalue weighted by Gasteiger charge is -2.10. The summed E-state index contributed by atoms with van der Waals surface area (Å²) in [6.07, 6.45) is -0.247. The van der Waals surface area contributed by atoms with Gasteiger partial charge in [-0.3, -0.25) is 9.59 Å². The van der Waals surface area contributed by atoms with Gasteiger partial charge in [-0.05, 0) is 44.2 Å². The second-order valence-corrected chi connectivity index (χ2v) is 4.87. The number of aliphatic carboxylic acids is 1. The van der Waals surface area contributed by atoms with Gasteiger partial charge in [-0.25, -0.2) is 5.10 Å². The van der Waals surface area contributed by atoms with E-state index in [-0.39, 0.29) is 18.1 Å². The van der Waals surface area contributed by atoms with Crippen LogP contribution in [0.25, 0.3) is 11.3 Å².